The molecule has 1 aromatic heterocycles. The number of nitrogens with one attached hydrogen (secondary N) is 1. The molecule has 0 fully saturated rings. The van der Waals surface area contributed by atoms with Crippen LogP contribution in [0, 0.1) is 5.95 Å². The van der Waals surface area contributed by atoms with Crippen molar-refractivity contribution in [3.63, 3.8) is 0 Å². The van der Waals surface area contributed by atoms with Gasteiger partial charge in [0.25, 0.3) is 5.91 Å². The van der Waals surface area contributed by atoms with Crippen molar-refractivity contribution in [2.75, 3.05) is 11.1 Å². The zero-order valence-corrected chi connectivity index (χ0v) is 8.85. The van der Waals surface area contributed by atoms with Gasteiger partial charge in [0, 0.05) is 11.3 Å². The monoisotopic (exact) mass is 231 g/mol. The molecule has 0 radical (unpaired) electrons. The van der Waals surface area contributed by atoms with Crippen LogP contribution in [0.4, 0.5) is 15.9 Å². The molecule has 0 unspecified atom stereocenters. The van der Waals surface area contributed by atoms with Gasteiger partial charge in [-0.1, -0.05) is 6.07 Å². The van der Waals surface area contributed by atoms with Crippen LogP contribution in [0.1, 0.15) is 10.4 Å². The first-order valence-electron chi connectivity index (χ1n) is 4.94. The summed E-state index contributed by atoms with van der Waals surface area (Å²) < 4.78 is 12.8. The number of carbonyl (C=O) groups is 1. The molecule has 1 aromatic carbocycles. The number of halogens is 1. The molecule has 1 heterocycles. The predicted octanol–water partition coefficient (Wildman–Crippen LogP) is 2.06. The molecule has 5 heteroatoms. The molecule has 0 saturated carbocycles. The molecular weight excluding hydrogens is 221 g/mol. The average Bonchev–Trinajstić information content (AvgIpc) is 2.29. The minimum Gasteiger partial charge on any atom is -0.399 e. The number of aromatic nitrogens is 1. The van der Waals surface area contributed by atoms with Crippen molar-refractivity contribution in [3.05, 3.63) is 54.0 Å². The number of nitrogens with two attached hydrogens (primary N) is 1. The molecule has 86 valence electrons. The van der Waals surface area contributed by atoms with Gasteiger partial charge in [-0.25, -0.2) is 4.98 Å². The van der Waals surface area contributed by atoms with Crippen molar-refractivity contribution in [2.24, 2.45) is 0 Å². The van der Waals surface area contributed by atoms with Crippen molar-refractivity contribution >= 4 is 17.4 Å². The number of anilines is 2. The minimum atomic E-state index is -0.639. The van der Waals surface area contributed by atoms with Crippen LogP contribution in [0.2, 0.25) is 0 Å². The maximum atomic E-state index is 12.8. The highest BCUT2D eigenvalue weighted by atomic mass is 19.1. The van der Waals surface area contributed by atoms with E-state index in [4.69, 9.17) is 5.73 Å². The SMILES string of the molecule is Nc1ccc(C(=O)Nc2cccc(F)n2)cc1. The van der Waals surface area contributed by atoms with Crippen LogP contribution in [0.5, 0.6) is 0 Å². The van der Waals surface area contributed by atoms with Crippen LogP contribution >= 0.6 is 0 Å². The largest absolute Gasteiger partial charge is 0.399 e. The van der Waals surface area contributed by atoms with E-state index in [1.54, 1.807) is 24.3 Å². The van der Waals surface area contributed by atoms with Crippen LogP contribution in [0.15, 0.2) is 42.5 Å². The van der Waals surface area contributed by atoms with E-state index in [2.05, 4.69) is 10.3 Å². The standard InChI is InChI=1S/C12H10FN3O/c13-10-2-1-3-11(15-10)16-12(17)8-4-6-9(14)7-5-8/h1-7H,14H2,(H,15,16,17). The van der Waals surface area contributed by atoms with Crippen LogP contribution in [-0.2, 0) is 0 Å². The van der Waals surface area contributed by atoms with Gasteiger partial charge in [0.15, 0.2) is 0 Å². The van der Waals surface area contributed by atoms with Gasteiger partial charge in [-0.05, 0) is 36.4 Å². The lowest BCUT2D eigenvalue weighted by Gasteiger charge is -2.04. The molecule has 0 bridgehead atoms. The van der Waals surface area contributed by atoms with Crippen LogP contribution in [0.3, 0.4) is 0 Å². The lowest BCUT2D eigenvalue weighted by Crippen LogP contribution is -2.13. The second-order valence-electron chi connectivity index (χ2n) is 3.42. The van der Waals surface area contributed by atoms with Gasteiger partial charge in [-0.15, -0.1) is 0 Å². The normalized spacial score (nSPS) is 9.94. The molecule has 0 atom stereocenters. The first-order chi connectivity index (χ1) is 8.15. The summed E-state index contributed by atoms with van der Waals surface area (Å²) in [5.41, 5.74) is 6.52. The number of carbonyl (C=O) groups excluding carboxylic acids is 1. The Hall–Kier alpha value is -2.43. The summed E-state index contributed by atoms with van der Waals surface area (Å²) in [7, 11) is 0. The van der Waals surface area contributed by atoms with Gasteiger partial charge in [-0.2, -0.15) is 4.39 Å². The Morgan fingerprint density at radius 2 is 1.88 bits per heavy atom. The molecular formula is C12H10FN3O. The van der Waals surface area contributed by atoms with Crippen molar-refractivity contribution in [1.29, 1.82) is 0 Å². The number of pyridine rings is 1. The molecule has 0 spiro atoms. The Balaban J connectivity index is 2.14. The Morgan fingerprint density at radius 1 is 1.18 bits per heavy atom. The van der Waals surface area contributed by atoms with E-state index >= 15 is 0 Å². The Morgan fingerprint density at radius 3 is 2.53 bits per heavy atom. The molecule has 2 rings (SSSR count). The number of nitrogens with zero attached hydrogens (tertiary/aromatic N) is 1. The predicted molar refractivity (Wildman–Crippen MR) is 63.0 cm³/mol. The molecule has 0 aliphatic heterocycles. The molecule has 0 aliphatic carbocycles. The van der Waals surface area contributed by atoms with E-state index in [-0.39, 0.29) is 11.7 Å². The Labute approximate surface area is 97.3 Å². The highest BCUT2D eigenvalue weighted by Crippen LogP contribution is 2.09. The Bertz CT molecular complexity index is 540. The smallest absolute Gasteiger partial charge is 0.256 e. The summed E-state index contributed by atoms with van der Waals surface area (Å²) in [6, 6.07) is 10.6. The average molecular weight is 231 g/mol. The fourth-order valence-corrected chi connectivity index (χ4v) is 1.30. The summed E-state index contributed by atoms with van der Waals surface area (Å²) in [6.45, 7) is 0. The summed E-state index contributed by atoms with van der Waals surface area (Å²) in [4.78, 5) is 15.3. The maximum absolute atomic E-state index is 12.8. The summed E-state index contributed by atoms with van der Waals surface area (Å²) >= 11 is 0. The molecule has 0 aliphatic rings. The maximum Gasteiger partial charge on any atom is 0.256 e. The summed E-state index contributed by atoms with van der Waals surface area (Å²) in [5.74, 6) is -0.824. The van der Waals surface area contributed by atoms with Gasteiger partial charge < -0.3 is 11.1 Å². The summed E-state index contributed by atoms with van der Waals surface area (Å²) in [5, 5.41) is 2.49. The highest BCUT2D eigenvalue weighted by molar-refractivity contribution is 6.03. The summed E-state index contributed by atoms with van der Waals surface area (Å²) in [6.07, 6.45) is 0. The van der Waals surface area contributed by atoms with Crippen LogP contribution < -0.4 is 11.1 Å². The quantitative estimate of drug-likeness (QED) is 0.614. The third-order valence-electron chi connectivity index (χ3n) is 2.13. The number of hydrogen-bond acceptors (Lipinski definition) is 3. The van der Waals surface area contributed by atoms with Gasteiger partial charge in [-0.3, -0.25) is 4.79 Å². The molecule has 4 nitrogen and oxygen atoms in total. The molecule has 1 amide bonds. The number of amides is 1. The van der Waals surface area contributed by atoms with Crippen LogP contribution in [0.25, 0.3) is 0 Å². The van der Waals surface area contributed by atoms with Crippen molar-refractivity contribution in [2.45, 2.75) is 0 Å². The third kappa shape index (κ3) is 2.78. The van der Waals surface area contributed by atoms with Gasteiger partial charge in [0.1, 0.15) is 5.82 Å². The fourth-order valence-electron chi connectivity index (χ4n) is 1.30. The lowest BCUT2D eigenvalue weighted by molar-refractivity contribution is 0.102. The van der Waals surface area contributed by atoms with Crippen LogP contribution in [-0.4, -0.2) is 10.9 Å². The lowest BCUT2D eigenvalue weighted by atomic mass is 10.2. The van der Waals surface area contributed by atoms with Crippen molar-refractivity contribution in [3.8, 4) is 0 Å². The number of rotatable bonds is 2. The second-order valence-corrected chi connectivity index (χ2v) is 3.42. The highest BCUT2D eigenvalue weighted by Gasteiger charge is 2.06. The Kier molecular flexibility index (Phi) is 3.00. The molecule has 2 aromatic rings. The molecule has 17 heavy (non-hydrogen) atoms. The number of nitrogen functional groups attached to an aromatic ring is 1. The zero-order valence-electron chi connectivity index (χ0n) is 8.85. The van der Waals surface area contributed by atoms with Gasteiger partial charge in [0.05, 0.1) is 0 Å². The number of benzene rings is 1. The van der Waals surface area contributed by atoms with E-state index in [1.807, 2.05) is 0 Å². The molecule has 0 saturated heterocycles. The third-order valence-corrected chi connectivity index (χ3v) is 2.13. The van der Waals surface area contributed by atoms with Gasteiger partial charge in [0.2, 0.25) is 5.95 Å². The van der Waals surface area contributed by atoms with E-state index in [0.717, 1.165) is 0 Å². The molecule has 3 N–H and O–H groups in total. The van der Waals surface area contributed by atoms with Gasteiger partial charge >= 0.3 is 0 Å². The first kappa shape index (κ1) is 11.1. The van der Waals surface area contributed by atoms with E-state index < -0.39 is 5.95 Å². The van der Waals surface area contributed by atoms with E-state index in [0.29, 0.717) is 11.3 Å². The second kappa shape index (κ2) is 4.61. The topological polar surface area (TPSA) is 68.0 Å². The van der Waals surface area contributed by atoms with E-state index in [1.165, 1.54) is 18.2 Å². The van der Waals surface area contributed by atoms with Crippen molar-refractivity contribution in [1.82, 2.24) is 4.98 Å². The number of hydrogen-bond donors (Lipinski definition) is 2. The fraction of sp³-hybridized carbons (Fsp3) is 0. The van der Waals surface area contributed by atoms with E-state index in [9.17, 15) is 9.18 Å². The zero-order chi connectivity index (χ0) is 12.3. The first-order valence-corrected chi connectivity index (χ1v) is 4.94. The minimum absolute atomic E-state index is 0.173. The van der Waals surface area contributed by atoms with Crippen molar-refractivity contribution < 1.29 is 9.18 Å².